The molecule has 0 radical (unpaired) electrons. The Balaban J connectivity index is 1.28. The molecule has 0 bridgehead atoms. The van der Waals surface area contributed by atoms with Gasteiger partial charge < -0.3 is 10.2 Å². The van der Waals surface area contributed by atoms with Crippen molar-refractivity contribution in [2.24, 2.45) is 5.92 Å². The highest BCUT2D eigenvalue weighted by molar-refractivity contribution is 5.97. The number of hydrogen-bond donors (Lipinski definition) is 1. The first-order valence-electron chi connectivity index (χ1n) is 11.3. The lowest BCUT2D eigenvalue weighted by molar-refractivity contribution is -0.117. The van der Waals surface area contributed by atoms with Crippen molar-refractivity contribution in [2.75, 3.05) is 31.5 Å². The monoisotopic (exact) mass is 447 g/mol. The van der Waals surface area contributed by atoms with Crippen LogP contribution in [0.2, 0.25) is 0 Å². The third kappa shape index (κ3) is 4.96. The molecule has 2 fully saturated rings. The molecule has 2 aromatic carbocycles. The van der Waals surface area contributed by atoms with E-state index >= 15 is 0 Å². The van der Waals surface area contributed by atoms with Crippen LogP contribution in [0.15, 0.2) is 60.7 Å². The largest absolute Gasteiger partial charge is 0.335 e. The molecule has 1 aliphatic heterocycles. The van der Waals surface area contributed by atoms with E-state index in [1.54, 1.807) is 27.8 Å². The fourth-order valence-electron chi connectivity index (χ4n) is 4.08. The number of halogens is 1. The van der Waals surface area contributed by atoms with Crippen LogP contribution >= 0.6 is 0 Å². The summed E-state index contributed by atoms with van der Waals surface area (Å²) >= 11 is 0. The molecule has 0 spiro atoms. The summed E-state index contributed by atoms with van der Waals surface area (Å²) in [4.78, 5) is 29.6. The van der Waals surface area contributed by atoms with Gasteiger partial charge in [0.2, 0.25) is 5.91 Å². The zero-order chi connectivity index (χ0) is 22.8. The number of nitrogens with one attached hydrogen (secondary N) is 1. The molecular weight excluding hydrogens is 421 g/mol. The van der Waals surface area contributed by atoms with Crippen LogP contribution in [-0.2, 0) is 11.3 Å². The lowest BCUT2D eigenvalue weighted by Gasteiger charge is -2.34. The minimum atomic E-state index is -0.236. The third-order valence-electron chi connectivity index (χ3n) is 6.08. The van der Waals surface area contributed by atoms with Crippen molar-refractivity contribution in [2.45, 2.75) is 19.4 Å². The topological polar surface area (TPSA) is 70.5 Å². The van der Waals surface area contributed by atoms with Gasteiger partial charge in [0, 0.05) is 44.7 Å². The van der Waals surface area contributed by atoms with Crippen LogP contribution in [0.25, 0.3) is 5.69 Å². The van der Waals surface area contributed by atoms with Gasteiger partial charge in [-0.05, 0) is 42.7 Å². The Bertz CT molecular complexity index is 1150. The van der Waals surface area contributed by atoms with Gasteiger partial charge in [0.05, 0.1) is 5.69 Å². The van der Waals surface area contributed by atoms with Gasteiger partial charge >= 0.3 is 0 Å². The molecule has 2 amide bonds. The van der Waals surface area contributed by atoms with E-state index in [-0.39, 0.29) is 23.5 Å². The van der Waals surface area contributed by atoms with E-state index in [2.05, 4.69) is 15.3 Å². The molecule has 8 heteroatoms. The van der Waals surface area contributed by atoms with E-state index in [1.807, 2.05) is 36.4 Å². The standard InChI is InChI=1S/C25H26FN5O2/c26-20-6-4-5-18(15-20)17-29-11-13-30(14-12-29)25(33)22-16-23(27-24(32)19-9-10-19)31(28-22)21-7-2-1-3-8-21/h1-8,15-16,19H,9-14,17H2,(H,27,32). The summed E-state index contributed by atoms with van der Waals surface area (Å²) in [6, 6.07) is 17.7. The molecule has 170 valence electrons. The second kappa shape index (κ2) is 9.15. The third-order valence-corrected chi connectivity index (χ3v) is 6.08. The molecule has 3 aromatic rings. The van der Waals surface area contributed by atoms with Crippen LogP contribution in [0, 0.1) is 11.7 Å². The Morgan fingerprint density at radius 3 is 2.42 bits per heavy atom. The average molecular weight is 448 g/mol. The molecule has 1 aliphatic carbocycles. The van der Waals surface area contributed by atoms with E-state index in [0.29, 0.717) is 44.2 Å². The van der Waals surface area contributed by atoms with Crippen molar-refractivity contribution >= 4 is 17.6 Å². The highest BCUT2D eigenvalue weighted by atomic mass is 19.1. The number of anilines is 1. The Labute approximate surface area is 191 Å². The Morgan fingerprint density at radius 1 is 0.970 bits per heavy atom. The maximum absolute atomic E-state index is 13.5. The first kappa shape index (κ1) is 21.3. The van der Waals surface area contributed by atoms with Gasteiger partial charge in [-0.3, -0.25) is 14.5 Å². The predicted octanol–water partition coefficient (Wildman–Crippen LogP) is 3.32. The summed E-state index contributed by atoms with van der Waals surface area (Å²) in [7, 11) is 0. The maximum atomic E-state index is 13.5. The number of benzene rings is 2. The summed E-state index contributed by atoms with van der Waals surface area (Å²) < 4.78 is 15.1. The number of carbonyl (C=O) groups excluding carboxylic acids is 2. The number of amides is 2. The van der Waals surface area contributed by atoms with Crippen molar-refractivity contribution in [1.29, 1.82) is 0 Å². The minimum absolute atomic E-state index is 0.0305. The second-order valence-electron chi connectivity index (χ2n) is 8.62. The fraction of sp³-hybridized carbons (Fsp3) is 0.320. The normalized spacial score (nSPS) is 16.6. The number of nitrogens with zero attached hydrogens (tertiary/aromatic N) is 4. The molecule has 1 saturated heterocycles. The molecular formula is C25H26FN5O2. The van der Waals surface area contributed by atoms with Gasteiger partial charge in [-0.1, -0.05) is 30.3 Å². The highest BCUT2D eigenvalue weighted by Crippen LogP contribution is 2.30. The van der Waals surface area contributed by atoms with Gasteiger partial charge in [0.1, 0.15) is 11.6 Å². The van der Waals surface area contributed by atoms with E-state index in [0.717, 1.165) is 24.1 Å². The lowest BCUT2D eigenvalue weighted by atomic mass is 10.2. The van der Waals surface area contributed by atoms with E-state index in [1.165, 1.54) is 6.07 Å². The first-order valence-corrected chi connectivity index (χ1v) is 11.3. The predicted molar refractivity (Wildman–Crippen MR) is 122 cm³/mol. The van der Waals surface area contributed by atoms with Crippen molar-refractivity contribution in [1.82, 2.24) is 19.6 Å². The van der Waals surface area contributed by atoms with Crippen LogP contribution < -0.4 is 5.32 Å². The zero-order valence-corrected chi connectivity index (χ0v) is 18.3. The Morgan fingerprint density at radius 2 is 1.73 bits per heavy atom. The van der Waals surface area contributed by atoms with E-state index < -0.39 is 0 Å². The number of rotatable bonds is 6. The zero-order valence-electron chi connectivity index (χ0n) is 18.3. The van der Waals surface area contributed by atoms with Crippen LogP contribution in [0.1, 0.15) is 28.9 Å². The molecule has 1 saturated carbocycles. The van der Waals surface area contributed by atoms with E-state index in [9.17, 15) is 14.0 Å². The molecule has 5 rings (SSSR count). The number of aromatic nitrogens is 2. The summed E-state index contributed by atoms with van der Waals surface area (Å²) in [6.07, 6.45) is 1.80. The van der Waals surface area contributed by atoms with Gasteiger partial charge in [0.25, 0.3) is 5.91 Å². The first-order chi connectivity index (χ1) is 16.1. The van der Waals surface area contributed by atoms with Crippen LogP contribution in [0.3, 0.4) is 0 Å². The number of hydrogen-bond acceptors (Lipinski definition) is 4. The number of carbonyl (C=O) groups is 2. The number of para-hydroxylation sites is 1. The molecule has 7 nitrogen and oxygen atoms in total. The molecule has 1 N–H and O–H groups in total. The van der Waals surface area contributed by atoms with Gasteiger partial charge in [-0.2, -0.15) is 5.10 Å². The van der Waals surface area contributed by atoms with E-state index in [4.69, 9.17) is 0 Å². The molecule has 1 aromatic heterocycles. The van der Waals surface area contributed by atoms with Crippen LogP contribution in [0.5, 0.6) is 0 Å². The summed E-state index contributed by atoms with van der Waals surface area (Å²) in [6.45, 7) is 3.19. The average Bonchev–Trinajstić information content (AvgIpc) is 3.60. The van der Waals surface area contributed by atoms with Gasteiger partial charge in [0.15, 0.2) is 5.69 Å². The molecule has 2 aliphatic rings. The van der Waals surface area contributed by atoms with Crippen molar-refractivity contribution in [3.05, 3.63) is 77.7 Å². The molecule has 33 heavy (non-hydrogen) atoms. The Hall–Kier alpha value is -3.52. The van der Waals surface area contributed by atoms with Crippen molar-refractivity contribution < 1.29 is 14.0 Å². The van der Waals surface area contributed by atoms with Gasteiger partial charge in [-0.25, -0.2) is 9.07 Å². The highest BCUT2D eigenvalue weighted by Gasteiger charge is 2.31. The Kier molecular flexibility index (Phi) is 5.92. The lowest BCUT2D eigenvalue weighted by Crippen LogP contribution is -2.48. The number of piperazine rings is 1. The maximum Gasteiger partial charge on any atom is 0.274 e. The van der Waals surface area contributed by atoms with Gasteiger partial charge in [-0.15, -0.1) is 0 Å². The molecule has 2 heterocycles. The van der Waals surface area contributed by atoms with Crippen LogP contribution in [0.4, 0.5) is 10.2 Å². The molecule has 0 unspecified atom stereocenters. The second-order valence-corrected chi connectivity index (χ2v) is 8.62. The smallest absolute Gasteiger partial charge is 0.274 e. The van der Waals surface area contributed by atoms with Crippen molar-refractivity contribution in [3.8, 4) is 5.69 Å². The minimum Gasteiger partial charge on any atom is -0.335 e. The quantitative estimate of drug-likeness (QED) is 0.629. The summed E-state index contributed by atoms with van der Waals surface area (Å²) in [5, 5.41) is 7.48. The summed E-state index contributed by atoms with van der Waals surface area (Å²) in [5.74, 6) is 0.134. The fourth-order valence-corrected chi connectivity index (χ4v) is 4.08. The SMILES string of the molecule is O=C(Nc1cc(C(=O)N2CCN(Cc3cccc(F)c3)CC2)nn1-c1ccccc1)C1CC1. The van der Waals surface area contributed by atoms with Crippen molar-refractivity contribution in [3.63, 3.8) is 0 Å². The summed E-state index contributed by atoms with van der Waals surface area (Å²) in [5.41, 5.74) is 2.01. The molecule has 0 atom stereocenters. The van der Waals surface area contributed by atoms with Crippen LogP contribution in [-0.4, -0.2) is 57.6 Å².